The molecular formula is C17H16F2N2O3. The highest BCUT2D eigenvalue weighted by Gasteiger charge is 2.37. The van der Waals surface area contributed by atoms with E-state index in [9.17, 15) is 13.6 Å². The minimum atomic E-state index is -2.83. The van der Waals surface area contributed by atoms with Gasteiger partial charge in [-0.2, -0.15) is 0 Å². The highest BCUT2D eigenvalue weighted by molar-refractivity contribution is 5.93. The summed E-state index contributed by atoms with van der Waals surface area (Å²) in [6.07, 6.45) is -1.11. The second kappa shape index (κ2) is 5.58. The zero-order valence-electron chi connectivity index (χ0n) is 13.1. The van der Waals surface area contributed by atoms with E-state index in [0.29, 0.717) is 18.8 Å². The van der Waals surface area contributed by atoms with Crippen molar-refractivity contribution in [2.24, 2.45) is 0 Å². The van der Waals surface area contributed by atoms with E-state index in [1.807, 2.05) is 18.2 Å². The smallest absolute Gasteiger partial charge is 0.292 e. The number of aromatic nitrogens is 1. The van der Waals surface area contributed by atoms with Crippen LogP contribution in [0.25, 0.3) is 0 Å². The van der Waals surface area contributed by atoms with Gasteiger partial charge in [0.1, 0.15) is 5.75 Å². The summed E-state index contributed by atoms with van der Waals surface area (Å²) in [5.74, 6) is 0.123. The molecule has 1 aliphatic carbocycles. The lowest BCUT2D eigenvalue weighted by Crippen LogP contribution is -2.26. The maximum atomic E-state index is 13.2. The monoisotopic (exact) mass is 334 g/mol. The Morgan fingerprint density at radius 2 is 2.17 bits per heavy atom. The molecule has 24 heavy (non-hydrogen) atoms. The number of rotatable bonds is 4. The third kappa shape index (κ3) is 2.44. The van der Waals surface area contributed by atoms with Gasteiger partial charge >= 0.3 is 0 Å². The van der Waals surface area contributed by atoms with Crippen molar-refractivity contribution in [3.63, 3.8) is 0 Å². The number of carbonyl (C=O) groups is 1. The van der Waals surface area contributed by atoms with E-state index >= 15 is 0 Å². The quantitative estimate of drug-likeness (QED) is 0.856. The Labute approximate surface area is 137 Å². The van der Waals surface area contributed by atoms with Crippen LogP contribution in [0.4, 0.5) is 8.78 Å². The molecule has 0 spiro atoms. The Morgan fingerprint density at radius 1 is 1.38 bits per heavy atom. The molecule has 2 aromatic rings. The number of benzene rings is 1. The van der Waals surface area contributed by atoms with Crippen molar-refractivity contribution < 1.29 is 22.7 Å². The number of hydrogen-bond acceptors (Lipinski definition) is 4. The van der Waals surface area contributed by atoms with Gasteiger partial charge in [0, 0.05) is 18.0 Å². The number of amides is 1. The summed E-state index contributed by atoms with van der Waals surface area (Å²) in [5, 5.41) is 0. The van der Waals surface area contributed by atoms with Gasteiger partial charge in [0.25, 0.3) is 12.3 Å². The Kier molecular flexibility index (Phi) is 3.51. The van der Waals surface area contributed by atoms with Crippen LogP contribution in [-0.4, -0.2) is 22.9 Å². The van der Waals surface area contributed by atoms with Crippen molar-refractivity contribution in [3.8, 4) is 5.75 Å². The van der Waals surface area contributed by atoms with Crippen LogP contribution in [0, 0.1) is 0 Å². The van der Waals surface area contributed by atoms with E-state index in [-0.39, 0.29) is 17.6 Å². The van der Waals surface area contributed by atoms with Crippen LogP contribution in [-0.2, 0) is 13.1 Å². The third-order valence-electron chi connectivity index (χ3n) is 4.44. The van der Waals surface area contributed by atoms with E-state index in [0.717, 1.165) is 24.0 Å². The van der Waals surface area contributed by atoms with E-state index in [1.54, 1.807) is 7.11 Å². The number of nitrogens with zero attached hydrogens (tertiary/aromatic N) is 2. The molecule has 0 atom stereocenters. The predicted molar refractivity (Wildman–Crippen MR) is 80.0 cm³/mol. The molecule has 0 unspecified atom stereocenters. The second-order valence-electron chi connectivity index (χ2n) is 6.10. The minimum absolute atomic E-state index is 0.0694. The van der Waals surface area contributed by atoms with Gasteiger partial charge in [-0.05, 0) is 24.5 Å². The van der Waals surface area contributed by atoms with Gasteiger partial charge in [0.15, 0.2) is 11.6 Å². The third-order valence-corrected chi connectivity index (χ3v) is 4.44. The maximum Gasteiger partial charge on any atom is 0.292 e. The SMILES string of the molecule is COc1cccc2c1CN(C(=O)c1oc(C3CC3)nc1C(F)F)C2. The van der Waals surface area contributed by atoms with Crippen LogP contribution in [0.1, 0.15) is 58.5 Å². The second-order valence-corrected chi connectivity index (χ2v) is 6.10. The molecule has 5 nitrogen and oxygen atoms in total. The molecule has 1 amide bonds. The van der Waals surface area contributed by atoms with Crippen LogP contribution < -0.4 is 4.74 Å². The molecule has 0 bridgehead atoms. The van der Waals surface area contributed by atoms with Crippen LogP contribution in [0.3, 0.4) is 0 Å². The molecule has 1 saturated carbocycles. The summed E-state index contributed by atoms with van der Waals surface area (Å²) in [4.78, 5) is 18.1. The molecule has 4 rings (SSSR count). The van der Waals surface area contributed by atoms with Gasteiger partial charge in [0.2, 0.25) is 5.76 Å². The first-order chi connectivity index (χ1) is 11.6. The van der Waals surface area contributed by atoms with E-state index in [2.05, 4.69) is 4.98 Å². The lowest BCUT2D eigenvalue weighted by Gasteiger charge is -2.14. The molecule has 1 aromatic carbocycles. The number of ether oxygens (including phenoxy) is 1. The standard InChI is InChI=1S/C17H16F2N2O3/c1-23-12-4-2-3-10-7-21(8-11(10)12)17(22)14-13(15(18)19)20-16(24-14)9-5-6-9/h2-4,9,15H,5-8H2,1H3. The molecule has 0 N–H and O–H groups in total. The molecule has 7 heteroatoms. The van der Waals surface area contributed by atoms with Crippen molar-refractivity contribution in [2.75, 3.05) is 7.11 Å². The molecule has 1 aliphatic heterocycles. The van der Waals surface area contributed by atoms with E-state index in [4.69, 9.17) is 9.15 Å². The number of alkyl halides is 2. The summed E-state index contributed by atoms with van der Waals surface area (Å²) < 4.78 is 37.2. The summed E-state index contributed by atoms with van der Waals surface area (Å²) in [5.41, 5.74) is 1.29. The number of methoxy groups -OCH3 is 1. The average Bonchev–Trinajstić information content (AvgIpc) is 3.17. The average molecular weight is 334 g/mol. The Morgan fingerprint density at radius 3 is 2.83 bits per heavy atom. The van der Waals surface area contributed by atoms with E-state index < -0.39 is 18.0 Å². The summed E-state index contributed by atoms with van der Waals surface area (Å²) >= 11 is 0. The summed E-state index contributed by atoms with van der Waals surface area (Å²) in [7, 11) is 1.56. The van der Waals surface area contributed by atoms with Crippen LogP contribution in [0.15, 0.2) is 22.6 Å². The van der Waals surface area contributed by atoms with Crippen molar-refractivity contribution in [2.45, 2.75) is 38.3 Å². The van der Waals surface area contributed by atoms with Gasteiger partial charge in [-0.1, -0.05) is 12.1 Å². The molecule has 0 radical (unpaired) electrons. The zero-order valence-corrected chi connectivity index (χ0v) is 13.1. The lowest BCUT2D eigenvalue weighted by atomic mass is 10.1. The lowest BCUT2D eigenvalue weighted by molar-refractivity contribution is 0.0701. The minimum Gasteiger partial charge on any atom is -0.496 e. The fraction of sp³-hybridized carbons (Fsp3) is 0.412. The van der Waals surface area contributed by atoms with Crippen molar-refractivity contribution in [3.05, 3.63) is 46.7 Å². The number of hydrogen-bond donors (Lipinski definition) is 0. The van der Waals surface area contributed by atoms with Gasteiger partial charge in [-0.25, -0.2) is 13.8 Å². The normalized spacial score (nSPS) is 16.6. The molecule has 2 heterocycles. The number of halogens is 2. The Hall–Kier alpha value is -2.44. The molecule has 126 valence electrons. The van der Waals surface area contributed by atoms with Gasteiger partial charge in [-0.15, -0.1) is 0 Å². The fourth-order valence-electron chi connectivity index (χ4n) is 3.02. The van der Waals surface area contributed by atoms with Gasteiger partial charge < -0.3 is 14.1 Å². The van der Waals surface area contributed by atoms with Crippen LogP contribution >= 0.6 is 0 Å². The predicted octanol–water partition coefficient (Wildman–Crippen LogP) is 3.65. The number of carbonyl (C=O) groups excluding carboxylic acids is 1. The Bertz CT molecular complexity index is 799. The van der Waals surface area contributed by atoms with Gasteiger partial charge in [-0.3, -0.25) is 4.79 Å². The van der Waals surface area contributed by atoms with Crippen LogP contribution in [0.2, 0.25) is 0 Å². The first kappa shape index (κ1) is 15.1. The van der Waals surface area contributed by atoms with Crippen molar-refractivity contribution in [1.29, 1.82) is 0 Å². The van der Waals surface area contributed by atoms with Crippen molar-refractivity contribution in [1.82, 2.24) is 9.88 Å². The first-order valence-electron chi connectivity index (χ1n) is 7.81. The molecule has 1 fully saturated rings. The number of fused-ring (bicyclic) bond motifs is 1. The fourth-order valence-corrected chi connectivity index (χ4v) is 3.02. The van der Waals surface area contributed by atoms with E-state index in [1.165, 1.54) is 4.90 Å². The highest BCUT2D eigenvalue weighted by Crippen LogP contribution is 2.41. The number of oxazole rings is 1. The topological polar surface area (TPSA) is 55.6 Å². The maximum absolute atomic E-state index is 13.2. The van der Waals surface area contributed by atoms with Gasteiger partial charge in [0.05, 0.1) is 13.7 Å². The molecular weight excluding hydrogens is 318 g/mol. The molecule has 2 aliphatic rings. The summed E-state index contributed by atoms with van der Waals surface area (Å²) in [6, 6.07) is 5.56. The van der Waals surface area contributed by atoms with Crippen LogP contribution in [0.5, 0.6) is 5.75 Å². The van der Waals surface area contributed by atoms with Crippen molar-refractivity contribution >= 4 is 5.91 Å². The summed E-state index contributed by atoms with van der Waals surface area (Å²) in [6.45, 7) is 0.647. The Balaban J connectivity index is 1.63. The first-order valence-corrected chi connectivity index (χ1v) is 7.81. The molecule has 1 aromatic heterocycles. The molecule has 0 saturated heterocycles. The largest absolute Gasteiger partial charge is 0.496 e. The highest BCUT2D eigenvalue weighted by atomic mass is 19.3. The zero-order chi connectivity index (χ0) is 16.8.